The van der Waals surface area contributed by atoms with Crippen LogP contribution in [0, 0.1) is 5.92 Å². The largest absolute Gasteiger partial charge is 0.469 e. The standard InChI is InChI=1S/C10H12N4O3/c1-17-10(16)6-2-9(15)14(4-6)8-3-7(11)12-5-13-8/h3,5-6H,2,4H2,1H3,(H2,11,12,13). The van der Waals surface area contributed by atoms with Crippen molar-refractivity contribution in [1.82, 2.24) is 9.97 Å². The summed E-state index contributed by atoms with van der Waals surface area (Å²) in [6, 6.07) is 1.50. The van der Waals surface area contributed by atoms with Gasteiger partial charge in [-0.05, 0) is 0 Å². The molecule has 1 aliphatic heterocycles. The summed E-state index contributed by atoms with van der Waals surface area (Å²) >= 11 is 0. The average Bonchev–Trinajstić information content (AvgIpc) is 2.70. The van der Waals surface area contributed by atoms with Gasteiger partial charge in [0.1, 0.15) is 18.0 Å². The molecule has 1 atom stereocenters. The van der Waals surface area contributed by atoms with E-state index in [1.807, 2.05) is 0 Å². The molecule has 1 aromatic rings. The third-order valence-corrected chi connectivity index (χ3v) is 2.61. The normalized spacial score (nSPS) is 19.5. The Balaban J connectivity index is 2.18. The van der Waals surface area contributed by atoms with E-state index in [4.69, 9.17) is 5.73 Å². The smallest absolute Gasteiger partial charge is 0.311 e. The third kappa shape index (κ3) is 2.17. The van der Waals surface area contributed by atoms with E-state index < -0.39 is 5.92 Å². The van der Waals surface area contributed by atoms with E-state index in [0.29, 0.717) is 5.82 Å². The third-order valence-electron chi connectivity index (χ3n) is 2.61. The van der Waals surface area contributed by atoms with Gasteiger partial charge in [-0.15, -0.1) is 0 Å². The molecule has 7 heteroatoms. The highest BCUT2D eigenvalue weighted by Crippen LogP contribution is 2.24. The number of hydrogen-bond donors (Lipinski definition) is 1. The van der Waals surface area contributed by atoms with Crippen molar-refractivity contribution >= 4 is 23.5 Å². The number of methoxy groups -OCH3 is 1. The van der Waals surface area contributed by atoms with E-state index in [1.165, 1.54) is 24.4 Å². The van der Waals surface area contributed by atoms with Crippen LogP contribution in [-0.4, -0.2) is 35.5 Å². The molecule has 90 valence electrons. The Morgan fingerprint density at radius 2 is 2.35 bits per heavy atom. The van der Waals surface area contributed by atoms with Crippen LogP contribution in [0.5, 0.6) is 0 Å². The molecule has 0 saturated carbocycles. The Kier molecular flexibility index (Phi) is 2.90. The SMILES string of the molecule is COC(=O)C1CC(=O)N(c2cc(N)ncn2)C1. The van der Waals surface area contributed by atoms with Gasteiger partial charge in [0.25, 0.3) is 0 Å². The molecule has 2 N–H and O–H groups in total. The highest BCUT2D eigenvalue weighted by molar-refractivity contribution is 5.98. The Morgan fingerprint density at radius 3 is 3.00 bits per heavy atom. The topological polar surface area (TPSA) is 98.4 Å². The number of rotatable bonds is 2. The first-order chi connectivity index (χ1) is 8.11. The number of carbonyl (C=O) groups excluding carboxylic acids is 2. The highest BCUT2D eigenvalue weighted by atomic mass is 16.5. The molecular weight excluding hydrogens is 224 g/mol. The predicted molar refractivity (Wildman–Crippen MR) is 58.9 cm³/mol. The molecule has 0 aliphatic carbocycles. The minimum atomic E-state index is -0.441. The van der Waals surface area contributed by atoms with Gasteiger partial charge in [0.15, 0.2) is 0 Å². The van der Waals surface area contributed by atoms with E-state index in [-0.39, 0.29) is 30.7 Å². The van der Waals surface area contributed by atoms with Gasteiger partial charge in [0.05, 0.1) is 13.0 Å². The number of aromatic nitrogens is 2. The van der Waals surface area contributed by atoms with Gasteiger partial charge in [-0.2, -0.15) is 0 Å². The molecule has 1 saturated heterocycles. The number of ether oxygens (including phenoxy) is 1. The van der Waals surface area contributed by atoms with Crippen molar-refractivity contribution in [2.45, 2.75) is 6.42 Å². The summed E-state index contributed by atoms with van der Waals surface area (Å²) < 4.78 is 4.62. The zero-order chi connectivity index (χ0) is 12.4. The fourth-order valence-electron chi connectivity index (χ4n) is 1.76. The summed E-state index contributed by atoms with van der Waals surface area (Å²) in [7, 11) is 1.30. The molecule has 2 heterocycles. The van der Waals surface area contributed by atoms with Crippen molar-refractivity contribution in [2.75, 3.05) is 24.3 Å². The van der Waals surface area contributed by atoms with E-state index in [0.717, 1.165) is 0 Å². The van der Waals surface area contributed by atoms with Gasteiger partial charge in [-0.1, -0.05) is 0 Å². The first kappa shape index (κ1) is 11.3. The number of hydrogen-bond acceptors (Lipinski definition) is 6. The number of nitrogens with two attached hydrogens (primary N) is 1. The summed E-state index contributed by atoms with van der Waals surface area (Å²) in [5, 5.41) is 0. The number of esters is 1. The quantitative estimate of drug-likeness (QED) is 0.700. The number of anilines is 2. The lowest BCUT2D eigenvalue weighted by Crippen LogP contribution is -2.27. The first-order valence-electron chi connectivity index (χ1n) is 5.07. The molecule has 7 nitrogen and oxygen atoms in total. The summed E-state index contributed by atoms with van der Waals surface area (Å²) in [6.07, 6.45) is 1.42. The second kappa shape index (κ2) is 4.36. The molecule has 1 aromatic heterocycles. The molecule has 1 fully saturated rings. The van der Waals surface area contributed by atoms with Crippen molar-refractivity contribution in [3.63, 3.8) is 0 Å². The summed E-state index contributed by atoms with van der Waals surface area (Å²) in [6.45, 7) is 0.266. The maximum absolute atomic E-state index is 11.7. The number of amides is 1. The Hall–Kier alpha value is -2.18. The van der Waals surface area contributed by atoms with Crippen LogP contribution in [0.25, 0.3) is 0 Å². The molecule has 0 aromatic carbocycles. The lowest BCUT2D eigenvalue weighted by molar-refractivity contribution is -0.145. The Morgan fingerprint density at radius 1 is 1.59 bits per heavy atom. The lowest BCUT2D eigenvalue weighted by atomic mass is 10.1. The van der Waals surface area contributed by atoms with Crippen LogP contribution in [0.3, 0.4) is 0 Å². The number of nitrogen functional groups attached to an aromatic ring is 1. The van der Waals surface area contributed by atoms with Crippen molar-refractivity contribution in [3.05, 3.63) is 12.4 Å². The van der Waals surface area contributed by atoms with Gasteiger partial charge in [-0.25, -0.2) is 9.97 Å². The lowest BCUT2D eigenvalue weighted by Gasteiger charge is -2.14. The van der Waals surface area contributed by atoms with E-state index in [2.05, 4.69) is 14.7 Å². The molecule has 2 rings (SSSR count). The van der Waals surface area contributed by atoms with Crippen LogP contribution in [0.4, 0.5) is 11.6 Å². The monoisotopic (exact) mass is 236 g/mol. The molecule has 1 unspecified atom stereocenters. The molecular formula is C10H12N4O3. The van der Waals surface area contributed by atoms with E-state index in [1.54, 1.807) is 0 Å². The molecule has 0 bridgehead atoms. The van der Waals surface area contributed by atoms with Gasteiger partial charge >= 0.3 is 5.97 Å². The summed E-state index contributed by atoms with van der Waals surface area (Å²) in [5.41, 5.74) is 5.51. The molecule has 1 amide bonds. The second-order valence-corrected chi connectivity index (χ2v) is 3.73. The van der Waals surface area contributed by atoms with Crippen molar-refractivity contribution in [2.24, 2.45) is 5.92 Å². The van der Waals surface area contributed by atoms with Gasteiger partial charge in [-0.3, -0.25) is 14.5 Å². The Bertz CT molecular complexity index is 463. The van der Waals surface area contributed by atoms with Crippen LogP contribution in [0.2, 0.25) is 0 Å². The van der Waals surface area contributed by atoms with Gasteiger partial charge in [0.2, 0.25) is 5.91 Å². The molecule has 0 radical (unpaired) electrons. The van der Waals surface area contributed by atoms with Crippen LogP contribution in [-0.2, 0) is 14.3 Å². The van der Waals surface area contributed by atoms with Gasteiger partial charge in [0, 0.05) is 19.0 Å². The van der Waals surface area contributed by atoms with Crippen LogP contribution >= 0.6 is 0 Å². The minimum Gasteiger partial charge on any atom is -0.469 e. The zero-order valence-electron chi connectivity index (χ0n) is 9.29. The van der Waals surface area contributed by atoms with Crippen LogP contribution < -0.4 is 10.6 Å². The van der Waals surface area contributed by atoms with Crippen molar-refractivity contribution in [3.8, 4) is 0 Å². The second-order valence-electron chi connectivity index (χ2n) is 3.73. The predicted octanol–water partition coefficient (Wildman–Crippen LogP) is -0.415. The number of carbonyl (C=O) groups is 2. The maximum atomic E-state index is 11.7. The number of nitrogens with zero attached hydrogens (tertiary/aromatic N) is 3. The molecule has 1 aliphatic rings. The van der Waals surface area contributed by atoms with Gasteiger partial charge < -0.3 is 10.5 Å². The van der Waals surface area contributed by atoms with Crippen molar-refractivity contribution < 1.29 is 14.3 Å². The summed E-state index contributed by atoms with van der Waals surface area (Å²) in [5.74, 6) is -0.303. The fourth-order valence-corrected chi connectivity index (χ4v) is 1.76. The van der Waals surface area contributed by atoms with Crippen molar-refractivity contribution in [1.29, 1.82) is 0 Å². The molecule has 0 spiro atoms. The fraction of sp³-hybridized carbons (Fsp3) is 0.400. The maximum Gasteiger partial charge on any atom is 0.311 e. The highest BCUT2D eigenvalue weighted by Gasteiger charge is 2.36. The minimum absolute atomic E-state index is 0.135. The average molecular weight is 236 g/mol. The van der Waals surface area contributed by atoms with E-state index in [9.17, 15) is 9.59 Å². The Labute approximate surface area is 97.6 Å². The molecule has 17 heavy (non-hydrogen) atoms. The van der Waals surface area contributed by atoms with E-state index >= 15 is 0 Å². The zero-order valence-corrected chi connectivity index (χ0v) is 9.29. The van der Waals surface area contributed by atoms with Crippen LogP contribution in [0.1, 0.15) is 6.42 Å². The van der Waals surface area contributed by atoms with Crippen LogP contribution in [0.15, 0.2) is 12.4 Å². The summed E-state index contributed by atoms with van der Waals surface area (Å²) in [4.78, 5) is 32.2. The first-order valence-corrected chi connectivity index (χ1v) is 5.07.